The Morgan fingerprint density at radius 3 is 2.17 bits per heavy atom. The van der Waals surface area contributed by atoms with Gasteiger partial charge in [-0.15, -0.1) is 0 Å². The highest BCUT2D eigenvalue weighted by Gasteiger charge is 2.23. The smallest absolute Gasteiger partial charge is 0.238 e. The average molecular weight is 418 g/mol. The van der Waals surface area contributed by atoms with E-state index in [2.05, 4.69) is 0 Å². The molecule has 4 rings (SSSR count). The molecule has 0 radical (unpaired) electrons. The molecule has 0 fully saturated rings. The van der Waals surface area contributed by atoms with Gasteiger partial charge in [-0.2, -0.15) is 5.10 Å². The van der Waals surface area contributed by atoms with Crippen molar-refractivity contribution in [1.29, 1.82) is 0 Å². The number of sulfonamides is 1. The number of aryl methyl sites for hydroxylation is 1. The van der Waals surface area contributed by atoms with E-state index in [0.29, 0.717) is 17.8 Å². The number of primary sulfonamides is 1. The molecule has 0 unspecified atom stereocenters. The Kier molecular flexibility index (Phi) is 5.28. The third-order valence-corrected chi connectivity index (χ3v) is 6.14. The Balaban J connectivity index is 1.96. The second-order valence-electron chi connectivity index (χ2n) is 7.36. The van der Waals surface area contributed by atoms with Gasteiger partial charge in [0.2, 0.25) is 10.0 Å². The molecule has 0 aliphatic heterocycles. The molecule has 30 heavy (non-hydrogen) atoms. The van der Waals surface area contributed by atoms with Crippen molar-refractivity contribution in [2.75, 3.05) is 0 Å². The van der Waals surface area contributed by atoms with Gasteiger partial charge < -0.3 is 0 Å². The molecule has 5 nitrogen and oxygen atoms in total. The van der Waals surface area contributed by atoms with Crippen molar-refractivity contribution >= 4 is 10.0 Å². The van der Waals surface area contributed by atoms with Gasteiger partial charge in [0.05, 0.1) is 11.4 Å². The molecule has 2 N–H and O–H groups in total. The summed E-state index contributed by atoms with van der Waals surface area (Å²) in [5.41, 5.74) is 6.23. The van der Waals surface area contributed by atoms with Crippen molar-refractivity contribution in [2.24, 2.45) is 5.14 Å². The van der Waals surface area contributed by atoms with Gasteiger partial charge in [0.1, 0.15) is 5.69 Å². The Morgan fingerprint density at radius 1 is 0.867 bits per heavy atom. The fourth-order valence-electron chi connectivity index (χ4n) is 3.62. The van der Waals surface area contributed by atoms with E-state index in [9.17, 15) is 8.42 Å². The molecule has 1 heterocycles. The van der Waals surface area contributed by atoms with Crippen LogP contribution in [0.25, 0.3) is 22.4 Å². The molecule has 0 aliphatic carbocycles. The SMILES string of the molecule is Cc1ccc(-c2c(-c3ccccc3S(N)(=O)=O)nn(Cc3ccccc3)c2C)cc1. The molecular formula is C24H23N3O2S. The lowest BCUT2D eigenvalue weighted by Crippen LogP contribution is -2.13. The summed E-state index contributed by atoms with van der Waals surface area (Å²) in [7, 11) is -3.90. The lowest BCUT2D eigenvalue weighted by Gasteiger charge is -2.09. The zero-order valence-electron chi connectivity index (χ0n) is 16.9. The summed E-state index contributed by atoms with van der Waals surface area (Å²) in [6.07, 6.45) is 0. The highest BCUT2D eigenvalue weighted by Crippen LogP contribution is 2.37. The van der Waals surface area contributed by atoms with Crippen LogP contribution < -0.4 is 5.14 Å². The van der Waals surface area contributed by atoms with Gasteiger partial charge in [0, 0.05) is 16.8 Å². The maximum Gasteiger partial charge on any atom is 0.238 e. The van der Waals surface area contributed by atoms with Crippen LogP contribution in [0, 0.1) is 13.8 Å². The van der Waals surface area contributed by atoms with Crippen LogP contribution in [0.15, 0.2) is 83.8 Å². The summed E-state index contributed by atoms with van der Waals surface area (Å²) in [5, 5.41) is 10.4. The minimum atomic E-state index is -3.90. The highest BCUT2D eigenvalue weighted by molar-refractivity contribution is 7.89. The third kappa shape index (κ3) is 3.92. The summed E-state index contributed by atoms with van der Waals surface area (Å²) in [6.45, 7) is 4.63. The van der Waals surface area contributed by atoms with Crippen LogP contribution in [0.2, 0.25) is 0 Å². The predicted octanol–water partition coefficient (Wildman–Crippen LogP) is 4.53. The second-order valence-corrected chi connectivity index (χ2v) is 8.89. The standard InChI is InChI=1S/C24H23N3O2S/c1-17-12-14-20(15-13-17)23-18(2)27(16-19-8-4-3-5-9-19)26-24(23)21-10-6-7-11-22(21)30(25,28)29/h3-15H,16H2,1-2H3,(H2,25,28,29). The van der Waals surface area contributed by atoms with Gasteiger partial charge in [-0.1, -0.05) is 78.4 Å². The molecule has 152 valence electrons. The second kappa shape index (κ2) is 7.89. The fourth-order valence-corrected chi connectivity index (χ4v) is 4.36. The molecule has 0 spiro atoms. The minimum Gasteiger partial charge on any atom is -0.264 e. The van der Waals surface area contributed by atoms with Crippen molar-refractivity contribution < 1.29 is 8.42 Å². The first-order chi connectivity index (χ1) is 14.3. The quantitative estimate of drug-likeness (QED) is 0.518. The number of nitrogens with zero attached hydrogens (tertiary/aromatic N) is 2. The van der Waals surface area contributed by atoms with Crippen molar-refractivity contribution in [1.82, 2.24) is 9.78 Å². The highest BCUT2D eigenvalue weighted by atomic mass is 32.2. The van der Waals surface area contributed by atoms with Gasteiger partial charge in [-0.25, -0.2) is 13.6 Å². The van der Waals surface area contributed by atoms with Gasteiger partial charge in [0.25, 0.3) is 0 Å². The number of rotatable bonds is 5. The lowest BCUT2D eigenvalue weighted by molar-refractivity contribution is 0.598. The third-order valence-electron chi connectivity index (χ3n) is 5.17. The minimum absolute atomic E-state index is 0.0720. The molecule has 0 aliphatic rings. The molecule has 6 heteroatoms. The van der Waals surface area contributed by atoms with E-state index in [1.54, 1.807) is 18.2 Å². The van der Waals surface area contributed by atoms with Gasteiger partial charge in [-0.3, -0.25) is 4.68 Å². The normalized spacial score (nSPS) is 11.6. The van der Waals surface area contributed by atoms with Crippen LogP contribution in [-0.4, -0.2) is 18.2 Å². The Hall–Kier alpha value is -3.22. The van der Waals surface area contributed by atoms with Crippen molar-refractivity contribution in [3.8, 4) is 22.4 Å². The van der Waals surface area contributed by atoms with Crippen LogP contribution in [0.5, 0.6) is 0 Å². The molecule has 1 aromatic heterocycles. The zero-order valence-corrected chi connectivity index (χ0v) is 17.7. The largest absolute Gasteiger partial charge is 0.264 e. The summed E-state index contributed by atoms with van der Waals surface area (Å²) in [5.74, 6) is 0. The van der Waals surface area contributed by atoms with Gasteiger partial charge in [0.15, 0.2) is 0 Å². The summed E-state index contributed by atoms with van der Waals surface area (Å²) < 4.78 is 26.4. The molecule has 4 aromatic rings. The first-order valence-corrected chi connectivity index (χ1v) is 11.2. The number of nitrogens with two attached hydrogens (primary N) is 1. The van der Waals surface area contributed by atoms with E-state index >= 15 is 0 Å². The number of aromatic nitrogens is 2. The van der Waals surface area contributed by atoms with Crippen LogP contribution >= 0.6 is 0 Å². The van der Waals surface area contributed by atoms with Crippen molar-refractivity contribution in [3.05, 3.63) is 95.7 Å². The predicted molar refractivity (Wildman–Crippen MR) is 119 cm³/mol. The average Bonchev–Trinajstić information content (AvgIpc) is 3.05. The Labute approximate surface area is 176 Å². The molecule has 0 amide bonds. The Morgan fingerprint density at radius 2 is 1.50 bits per heavy atom. The van der Waals surface area contributed by atoms with Crippen LogP contribution in [0.4, 0.5) is 0 Å². The van der Waals surface area contributed by atoms with E-state index in [0.717, 1.165) is 27.9 Å². The summed E-state index contributed by atoms with van der Waals surface area (Å²) in [6, 6.07) is 25.0. The first-order valence-electron chi connectivity index (χ1n) is 9.65. The van der Waals surface area contributed by atoms with Crippen molar-refractivity contribution in [3.63, 3.8) is 0 Å². The molecule has 0 bridgehead atoms. The number of hydrogen-bond donors (Lipinski definition) is 1. The van der Waals surface area contributed by atoms with Crippen molar-refractivity contribution in [2.45, 2.75) is 25.3 Å². The maximum absolute atomic E-state index is 12.2. The molecule has 0 atom stereocenters. The van der Waals surface area contributed by atoms with E-state index < -0.39 is 10.0 Å². The Bertz CT molecular complexity index is 1290. The first kappa shape index (κ1) is 20.1. The van der Waals surface area contributed by atoms with Crippen LogP contribution in [0.1, 0.15) is 16.8 Å². The van der Waals surface area contributed by atoms with Crippen LogP contribution in [0.3, 0.4) is 0 Å². The van der Waals surface area contributed by atoms with Gasteiger partial charge in [-0.05, 0) is 31.0 Å². The van der Waals surface area contributed by atoms with E-state index in [4.69, 9.17) is 10.2 Å². The van der Waals surface area contributed by atoms with E-state index in [1.807, 2.05) is 73.1 Å². The molecular weight excluding hydrogens is 394 g/mol. The molecule has 0 saturated carbocycles. The fraction of sp³-hybridized carbons (Fsp3) is 0.125. The topological polar surface area (TPSA) is 78.0 Å². The van der Waals surface area contributed by atoms with Crippen LogP contribution in [-0.2, 0) is 16.6 Å². The molecule has 0 saturated heterocycles. The van der Waals surface area contributed by atoms with E-state index in [-0.39, 0.29) is 4.90 Å². The molecule has 3 aromatic carbocycles. The van der Waals surface area contributed by atoms with E-state index in [1.165, 1.54) is 6.07 Å². The zero-order chi connectivity index (χ0) is 21.3. The number of hydrogen-bond acceptors (Lipinski definition) is 3. The summed E-state index contributed by atoms with van der Waals surface area (Å²) >= 11 is 0. The monoisotopic (exact) mass is 417 g/mol. The number of benzene rings is 3. The maximum atomic E-state index is 12.2. The summed E-state index contributed by atoms with van der Waals surface area (Å²) in [4.78, 5) is 0.0720. The van der Waals surface area contributed by atoms with Gasteiger partial charge >= 0.3 is 0 Å². The lowest BCUT2D eigenvalue weighted by atomic mass is 9.98.